The van der Waals surface area contributed by atoms with Crippen molar-refractivity contribution in [3.8, 4) is 0 Å². The fraction of sp³-hybridized carbons (Fsp3) is 0.333. The van der Waals surface area contributed by atoms with Crippen molar-refractivity contribution < 1.29 is 24.2 Å². The van der Waals surface area contributed by atoms with Gasteiger partial charge in [0.2, 0.25) is 5.89 Å². The molecule has 0 bridgehead atoms. The van der Waals surface area contributed by atoms with Crippen LogP contribution >= 0.6 is 0 Å². The lowest BCUT2D eigenvalue weighted by Crippen LogP contribution is -2.09. The molecule has 8 heteroatoms. The van der Waals surface area contributed by atoms with Gasteiger partial charge >= 0.3 is 18.0 Å². The van der Waals surface area contributed by atoms with Crippen LogP contribution in [0.5, 0.6) is 0 Å². The molecule has 1 aromatic heterocycles. The van der Waals surface area contributed by atoms with Gasteiger partial charge in [0.1, 0.15) is 0 Å². The smallest absolute Gasteiger partial charge is 0.414 e. The van der Waals surface area contributed by atoms with Crippen molar-refractivity contribution in [1.29, 1.82) is 0 Å². The van der Waals surface area contributed by atoms with Gasteiger partial charge in [-0.25, -0.2) is 9.59 Å². The van der Waals surface area contributed by atoms with Gasteiger partial charge in [0.15, 0.2) is 0 Å². The van der Waals surface area contributed by atoms with E-state index in [-0.39, 0.29) is 0 Å². The zero-order chi connectivity index (χ0) is 11.1. The number of aliphatic carboxylic acids is 2. The normalized spacial score (nSPS) is 8.43. The first-order chi connectivity index (χ1) is 6.47. The first kappa shape index (κ1) is 11.9. The van der Waals surface area contributed by atoms with Crippen molar-refractivity contribution in [1.82, 2.24) is 10.2 Å². The summed E-state index contributed by atoms with van der Waals surface area (Å²) in [5, 5.41) is 24.7. The summed E-state index contributed by atoms with van der Waals surface area (Å²) in [7, 11) is 1.73. The van der Waals surface area contributed by atoms with Gasteiger partial charge in [0.25, 0.3) is 0 Å². The van der Waals surface area contributed by atoms with Crippen molar-refractivity contribution in [2.45, 2.75) is 6.92 Å². The van der Waals surface area contributed by atoms with E-state index in [4.69, 9.17) is 24.2 Å². The molecule has 0 aliphatic rings. The molecule has 0 amide bonds. The number of rotatable bonds is 1. The van der Waals surface area contributed by atoms with Crippen LogP contribution in [-0.2, 0) is 9.59 Å². The number of hydrogen-bond donors (Lipinski definition) is 3. The van der Waals surface area contributed by atoms with Crippen LogP contribution in [0.4, 0.5) is 6.01 Å². The van der Waals surface area contributed by atoms with Gasteiger partial charge in [-0.1, -0.05) is 5.10 Å². The van der Waals surface area contributed by atoms with Crippen LogP contribution in [0.15, 0.2) is 4.42 Å². The van der Waals surface area contributed by atoms with Crippen LogP contribution in [-0.4, -0.2) is 39.4 Å². The zero-order valence-electron chi connectivity index (χ0n) is 7.51. The molecule has 0 atom stereocenters. The highest BCUT2D eigenvalue weighted by atomic mass is 16.4. The summed E-state index contributed by atoms with van der Waals surface area (Å²) in [4.78, 5) is 18.2. The molecule has 0 spiro atoms. The van der Waals surface area contributed by atoms with E-state index in [1.807, 2.05) is 0 Å². The van der Waals surface area contributed by atoms with Gasteiger partial charge in [-0.15, -0.1) is 5.10 Å². The van der Waals surface area contributed by atoms with Crippen molar-refractivity contribution >= 4 is 18.0 Å². The molecule has 1 rings (SSSR count). The molecule has 0 aliphatic carbocycles. The molecular weight excluding hydrogens is 194 g/mol. The number of aromatic nitrogens is 2. The Hall–Kier alpha value is -2.12. The highest BCUT2D eigenvalue weighted by Gasteiger charge is 2.04. The van der Waals surface area contributed by atoms with E-state index in [1.54, 1.807) is 14.0 Å². The monoisotopic (exact) mass is 203 g/mol. The summed E-state index contributed by atoms with van der Waals surface area (Å²) in [5.41, 5.74) is 0. The first-order valence-electron chi connectivity index (χ1n) is 3.41. The SMILES string of the molecule is CNc1nnc(C)o1.O=C(O)C(=O)O. The minimum Gasteiger partial charge on any atom is -0.473 e. The Labute approximate surface area is 78.6 Å². The van der Waals surface area contributed by atoms with Crippen molar-refractivity contribution in [3.63, 3.8) is 0 Å². The van der Waals surface area contributed by atoms with Crippen LogP contribution in [0.1, 0.15) is 5.89 Å². The second-order valence-corrected chi connectivity index (χ2v) is 1.99. The number of nitrogens with zero attached hydrogens (tertiary/aromatic N) is 2. The van der Waals surface area contributed by atoms with Crippen molar-refractivity contribution in [2.24, 2.45) is 0 Å². The lowest BCUT2D eigenvalue weighted by molar-refractivity contribution is -0.159. The summed E-state index contributed by atoms with van der Waals surface area (Å²) >= 11 is 0. The second kappa shape index (κ2) is 5.51. The van der Waals surface area contributed by atoms with E-state index in [1.165, 1.54) is 0 Å². The fourth-order valence-corrected chi connectivity index (χ4v) is 0.398. The molecule has 0 aromatic carbocycles. The summed E-state index contributed by atoms with van der Waals surface area (Å²) in [6, 6.07) is 0.461. The number of carbonyl (C=O) groups is 2. The Morgan fingerprint density at radius 2 is 1.79 bits per heavy atom. The lowest BCUT2D eigenvalue weighted by Gasteiger charge is -1.82. The number of carboxylic acids is 2. The molecule has 0 saturated heterocycles. The zero-order valence-corrected chi connectivity index (χ0v) is 7.51. The highest BCUT2D eigenvalue weighted by molar-refractivity contribution is 6.27. The number of carboxylic acid groups (broad SMARTS) is 2. The fourth-order valence-electron chi connectivity index (χ4n) is 0.398. The number of nitrogens with one attached hydrogen (secondary N) is 1. The predicted molar refractivity (Wildman–Crippen MR) is 43.9 cm³/mol. The van der Waals surface area contributed by atoms with Gasteiger partial charge < -0.3 is 19.9 Å². The maximum atomic E-state index is 9.10. The van der Waals surface area contributed by atoms with E-state index in [0.29, 0.717) is 11.9 Å². The Balaban J connectivity index is 0.000000255. The Morgan fingerprint density at radius 3 is 1.93 bits per heavy atom. The molecule has 0 fully saturated rings. The minimum atomic E-state index is -1.82. The third-order valence-electron chi connectivity index (χ3n) is 0.923. The molecule has 1 aromatic rings. The maximum absolute atomic E-state index is 9.10. The molecule has 1 heterocycles. The molecule has 14 heavy (non-hydrogen) atoms. The maximum Gasteiger partial charge on any atom is 0.414 e. The summed E-state index contributed by atoms with van der Waals surface area (Å²) in [6.07, 6.45) is 0. The molecule has 0 aliphatic heterocycles. The van der Waals surface area contributed by atoms with Crippen molar-refractivity contribution in [2.75, 3.05) is 12.4 Å². The van der Waals surface area contributed by atoms with Crippen LogP contribution in [0, 0.1) is 6.92 Å². The van der Waals surface area contributed by atoms with Gasteiger partial charge in [-0.3, -0.25) is 0 Å². The van der Waals surface area contributed by atoms with E-state index < -0.39 is 11.9 Å². The standard InChI is InChI=1S/C4H7N3O.C2H2O4/c1-3-6-7-4(5-2)8-3;3-1(4)2(5)6/h1-2H3,(H,5,7);(H,3,4)(H,5,6). The second-order valence-electron chi connectivity index (χ2n) is 1.99. The summed E-state index contributed by atoms with van der Waals surface area (Å²) in [5.74, 6) is -3.07. The van der Waals surface area contributed by atoms with E-state index in [2.05, 4.69) is 15.5 Å². The van der Waals surface area contributed by atoms with E-state index in [9.17, 15) is 0 Å². The predicted octanol–water partition coefficient (Wildman–Crippen LogP) is -0.425. The molecular formula is C6H9N3O5. The Kier molecular flexibility index (Phi) is 4.68. The van der Waals surface area contributed by atoms with Crippen LogP contribution in [0.25, 0.3) is 0 Å². The van der Waals surface area contributed by atoms with Crippen LogP contribution < -0.4 is 5.32 Å². The largest absolute Gasteiger partial charge is 0.473 e. The van der Waals surface area contributed by atoms with Gasteiger partial charge in [0.05, 0.1) is 0 Å². The average molecular weight is 203 g/mol. The van der Waals surface area contributed by atoms with Crippen molar-refractivity contribution in [3.05, 3.63) is 5.89 Å². The van der Waals surface area contributed by atoms with Gasteiger partial charge in [-0.2, -0.15) is 0 Å². The topological polar surface area (TPSA) is 126 Å². The Bertz CT molecular complexity index is 309. The number of hydrogen-bond acceptors (Lipinski definition) is 6. The third kappa shape index (κ3) is 4.70. The van der Waals surface area contributed by atoms with E-state index >= 15 is 0 Å². The molecule has 3 N–H and O–H groups in total. The molecule has 0 saturated carbocycles. The number of anilines is 1. The summed E-state index contributed by atoms with van der Waals surface area (Å²) in [6.45, 7) is 1.74. The molecule has 0 radical (unpaired) electrons. The first-order valence-corrected chi connectivity index (χ1v) is 3.41. The quantitative estimate of drug-likeness (QED) is 0.525. The van der Waals surface area contributed by atoms with Crippen LogP contribution in [0.3, 0.4) is 0 Å². The molecule has 8 nitrogen and oxygen atoms in total. The molecule has 0 unspecified atom stereocenters. The third-order valence-corrected chi connectivity index (χ3v) is 0.923. The highest BCUT2D eigenvalue weighted by Crippen LogP contribution is 2.00. The lowest BCUT2D eigenvalue weighted by atomic mass is 10.7. The average Bonchev–Trinajstić information content (AvgIpc) is 2.52. The molecule has 78 valence electrons. The van der Waals surface area contributed by atoms with Gasteiger partial charge in [0, 0.05) is 14.0 Å². The minimum absolute atomic E-state index is 0.461. The van der Waals surface area contributed by atoms with E-state index in [0.717, 1.165) is 0 Å². The van der Waals surface area contributed by atoms with Gasteiger partial charge in [-0.05, 0) is 0 Å². The number of aryl methyl sites for hydroxylation is 1. The Morgan fingerprint density at radius 1 is 1.29 bits per heavy atom. The summed E-state index contributed by atoms with van der Waals surface area (Å²) < 4.78 is 4.90. The van der Waals surface area contributed by atoms with Crippen LogP contribution in [0.2, 0.25) is 0 Å².